The first-order chi connectivity index (χ1) is 9.26. The predicted octanol–water partition coefficient (Wildman–Crippen LogP) is 1.95. The molecule has 0 spiro atoms. The molecule has 0 saturated heterocycles. The average molecular weight is 259 g/mol. The Hall–Kier alpha value is -2.50. The molecule has 2 heterocycles. The summed E-state index contributed by atoms with van der Waals surface area (Å²) in [4.78, 5) is 12.1. The molecule has 2 aromatic rings. The maximum Gasteiger partial charge on any atom is 0.257 e. The van der Waals surface area contributed by atoms with Crippen LogP contribution in [0.1, 0.15) is 23.0 Å². The topological polar surface area (TPSA) is 76.2 Å². The number of aromatic nitrogens is 2. The van der Waals surface area contributed by atoms with Gasteiger partial charge in [0.1, 0.15) is 0 Å². The zero-order valence-corrected chi connectivity index (χ0v) is 10.4. The molecule has 0 radical (unpaired) electrons. The number of carbonyl (C=O) groups is 1. The van der Waals surface area contributed by atoms with E-state index in [-0.39, 0.29) is 12.7 Å². The third-order valence-corrected chi connectivity index (χ3v) is 2.89. The van der Waals surface area contributed by atoms with Crippen LogP contribution in [-0.4, -0.2) is 22.9 Å². The normalized spacial score (nSPS) is 12.5. The van der Waals surface area contributed by atoms with Crippen LogP contribution < -0.4 is 14.8 Å². The number of fused-ring (bicyclic) bond motifs is 1. The van der Waals surface area contributed by atoms with Gasteiger partial charge in [-0.25, -0.2) is 0 Å². The lowest BCUT2D eigenvalue weighted by Crippen LogP contribution is -2.12. The molecule has 1 aromatic carbocycles. The molecule has 1 aliphatic rings. The summed E-state index contributed by atoms with van der Waals surface area (Å²) in [5.41, 5.74) is 1.48. The molecule has 1 amide bonds. The second kappa shape index (κ2) is 4.64. The maximum atomic E-state index is 12.1. The second-order valence-electron chi connectivity index (χ2n) is 4.15. The highest BCUT2D eigenvalue weighted by Crippen LogP contribution is 2.32. The highest BCUT2D eigenvalue weighted by atomic mass is 16.7. The number of nitrogens with one attached hydrogen (secondary N) is 2. The lowest BCUT2D eigenvalue weighted by molar-refractivity contribution is 0.102. The molecule has 0 bridgehead atoms. The summed E-state index contributed by atoms with van der Waals surface area (Å²) in [5.74, 6) is 1.53. The minimum Gasteiger partial charge on any atom is -0.454 e. The minimum absolute atomic E-state index is 0.194. The molecule has 0 fully saturated rings. The van der Waals surface area contributed by atoms with E-state index in [0.29, 0.717) is 22.9 Å². The van der Waals surface area contributed by atoms with E-state index in [4.69, 9.17) is 9.47 Å². The Bertz CT molecular complexity index is 621. The molecule has 6 nitrogen and oxygen atoms in total. The minimum atomic E-state index is -0.229. The zero-order chi connectivity index (χ0) is 13.2. The van der Waals surface area contributed by atoms with E-state index in [1.54, 1.807) is 18.2 Å². The summed E-state index contributed by atoms with van der Waals surface area (Å²) in [6.45, 7) is 2.20. The van der Waals surface area contributed by atoms with E-state index in [1.807, 2.05) is 13.0 Å². The number of aryl methyl sites for hydroxylation is 1. The Morgan fingerprint density at radius 3 is 3.00 bits per heavy atom. The van der Waals surface area contributed by atoms with Crippen LogP contribution in [-0.2, 0) is 6.42 Å². The van der Waals surface area contributed by atoms with Gasteiger partial charge in [0.05, 0.1) is 0 Å². The Balaban J connectivity index is 1.76. The van der Waals surface area contributed by atoms with Crippen molar-refractivity contribution >= 4 is 11.7 Å². The van der Waals surface area contributed by atoms with E-state index in [2.05, 4.69) is 15.5 Å². The Kier molecular flexibility index (Phi) is 2.83. The third kappa shape index (κ3) is 2.24. The van der Waals surface area contributed by atoms with Crippen LogP contribution in [0.4, 0.5) is 5.82 Å². The second-order valence-corrected chi connectivity index (χ2v) is 4.15. The number of nitrogens with zero attached hydrogens (tertiary/aromatic N) is 1. The number of anilines is 1. The molecule has 3 rings (SSSR count). The standard InChI is InChI=1S/C13H13N3O3/c1-2-9-6-12(16-15-9)14-13(17)8-3-4-10-11(5-8)19-7-18-10/h3-6H,2,7H2,1H3,(H2,14,15,16,17). The first kappa shape index (κ1) is 11.6. The van der Waals surface area contributed by atoms with Gasteiger partial charge in [0.25, 0.3) is 5.91 Å². The lowest BCUT2D eigenvalue weighted by atomic mass is 10.2. The molecular weight excluding hydrogens is 246 g/mol. The Morgan fingerprint density at radius 2 is 2.21 bits per heavy atom. The average Bonchev–Trinajstić information content (AvgIpc) is 3.05. The van der Waals surface area contributed by atoms with E-state index in [0.717, 1.165) is 12.1 Å². The van der Waals surface area contributed by atoms with Crippen LogP contribution in [0.25, 0.3) is 0 Å². The number of ether oxygens (including phenoxy) is 2. The van der Waals surface area contributed by atoms with Crippen molar-refractivity contribution in [1.82, 2.24) is 10.2 Å². The molecule has 0 aliphatic carbocycles. The summed E-state index contributed by atoms with van der Waals surface area (Å²) in [6, 6.07) is 6.88. The third-order valence-electron chi connectivity index (χ3n) is 2.89. The van der Waals surface area contributed by atoms with Gasteiger partial charge >= 0.3 is 0 Å². The van der Waals surface area contributed by atoms with Crippen LogP contribution in [0, 0.1) is 0 Å². The highest BCUT2D eigenvalue weighted by Gasteiger charge is 2.16. The number of amides is 1. The van der Waals surface area contributed by atoms with Crippen molar-refractivity contribution in [2.75, 3.05) is 12.1 Å². The molecule has 1 aliphatic heterocycles. The monoisotopic (exact) mass is 259 g/mol. The summed E-state index contributed by atoms with van der Waals surface area (Å²) in [5, 5.41) is 9.58. The summed E-state index contributed by atoms with van der Waals surface area (Å²) >= 11 is 0. The Morgan fingerprint density at radius 1 is 1.37 bits per heavy atom. The van der Waals surface area contributed by atoms with Crippen LogP contribution in [0.5, 0.6) is 11.5 Å². The lowest BCUT2D eigenvalue weighted by Gasteiger charge is -2.02. The number of rotatable bonds is 3. The number of benzene rings is 1. The molecule has 1 aromatic heterocycles. The smallest absolute Gasteiger partial charge is 0.257 e. The van der Waals surface area contributed by atoms with E-state index in [1.165, 1.54) is 0 Å². The largest absolute Gasteiger partial charge is 0.454 e. The predicted molar refractivity (Wildman–Crippen MR) is 68.5 cm³/mol. The SMILES string of the molecule is CCc1cc(NC(=O)c2ccc3c(c2)OCO3)n[nH]1. The fraction of sp³-hybridized carbons (Fsp3) is 0.231. The van der Waals surface area contributed by atoms with Gasteiger partial charge in [0.2, 0.25) is 6.79 Å². The van der Waals surface area contributed by atoms with Crippen molar-refractivity contribution in [2.45, 2.75) is 13.3 Å². The van der Waals surface area contributed by atoms with Gasteiger partial charge in [0, 0.05) is 17.3 Å². The quantitative estimate of drug-likeness (QED) is 0.883. The van der Waals surface area contributed by atoms with Gasteiger partial charge in [-0.1, -0.05) is 6.92 Å². The van der Waals surface area contributed by atoms with Crippen molar-refractivity contribution in [2.24, 2.45) is 0 Å². The first-order valence-electron chi connectivity index (χ1n) is 6.01. The number of H-pyrrole nitrogens is 1. The van der Waals surface area contributed by atoms with E-state index >= 15 is 0 Å². The van der Waals surface area contributed by atoms with Crippen molar-refractivity contribution in [3.8, 4) is 11.5 Å². The summed E-state index contributed by atoms with van der Waals surface area (Å²) in [6.07, 6.45) is 0.840. The number of hydrogen-bond donors (Lipinski definition) is 2. The summed E-state index contributed by atoms with van der Waals surface area (Å²) in [7, 11) is 0. The van der Waals surface area contributed by atoms with Crippen molar-refractivity contribution in [3.63, 3.8) is 0 Å². The zero-order valence-electron chi connectivity index (χ0n) is 10.4. The molecular formula is C13H13N3O3. The molecule has 0 atom stereocenters. The van der Waals surface area contributed by atoms with Crippen LogP contribution in [0.15, 0.2) is 24.3 Å². The summed E-state index contributed by atoms with van der Waals surface area (Å²) < 4.78 is 10.4. The molecule has 2 N–H and O–H groups in total. The van der Waals surface area contributed by atoms with E-state index in [9.17, 15) is 4.79 Å². The van der Waals surface area contributed by atoms with Gasteiger partial charge in [-0.15, -0.1) is 0 Å². The van der Waals surface area contributed by atoms with Gasteiger partial charge < -0.3 is 14.8 Å². The number of aromatic amines is 1. The van der Waals surface area contributed by atoms with Crippen molar-refractivity contribution in [3.05, 3.63) is 35.5 Å². The molecule has 6 heteroatoms. The number of carbonyl (C=O) groups excluding carboxylic acids is 1. The fourth-order valence-corrected chi connectivity index (χ4v) is 1.83. The van der Waals surface area contributed by atoms with Crippen LogP contribution >= 0.6 is 0 Å². The first-order valence-corrected chi connectivity index (χ1v) is 6.01. The van der Waals surface area contributed by atoms with Crippen LogP contribution in [0.3, 0.4) is 0 Å². The molecule has 0 unspecified atom stereocenters. The molecule has 98 valence electrons. The number of hydrogen-bond acceptors (Lipinski definition) is 4. The molecule has 19 heavy (non-hydrogen) atoms. The van der Waals surface area contributed by atoms with Crippen molar-refractivity contribution in [1.29, 1.82) is 0 Å². The Labute approximate surface area is 109 Å². The van der Waals surface area contributed by atoms with E-state index < -0.39 is 0 Å². The van der Waals surface area contributed by atoms with Gasteiger partial charge in [0.15, 0.2) is 17.3 Å². The van der Waals surface area contributed by atoms with Gasteiger partial charge in [-0.05, 0) is 24.6 Å². The van der Waals surface area contributed by atoms with Gasteiger partial charge in [-0.2, -0.15) is 5.10 Å². The van der Waals surface area contributed by atoms with Gasteiger partial charge in [-0.3, -0.25) is 9.89 Å². The highest BCUT2D eigenvalue weighted by molar-refractivity contribution is 6.04. The maximum absolute atomic E-state index is 12.1. The van der Waals surface area contributed by atoms with Crippen LogP contribution in [0.2, 0.25) is 0 Å². The molecule has 0 saturated carbocycles. The van der Waals surface area contributed by atoms with Crippen molar-refractivity contribution < 1.29 is 14.3 Å². The fourth-order valence-electron chi connectivity index (χ4n) is 1.83.